The van der Waals surface area contributed by atoms with Gasteiger partial charge in [0.2, 0.25) is 0 Å². The van der Waals surface area contributed by atoms with Crippen molar-refractivity contribution in [1.29, 1.82) is 0 Å². The summed E-state index contributed by atoms with van der Waals surface area (Å²) in [6.45, 7) is 6.20. The van der Waals surface area contributed by atoms with Gasteiger partial charge in [0.25, 0.3) is 0 Å². The molecule has 0 radical (unpaired) electrons. The van der Waals surface area contributed by atoms with Crippen LogP contribution in [0, 0.1) is 13.8 Å². The van der Waals surface area contributed by atoms with Crippen molar-refractivity contribution in [1.82, 2.24) is 0 Å². The van der Waals surface area contributed by atoms with E-state index in [4.69, 9.17) is 20.2 Å². The summed E-state index contributed by atoms with van der Waals surface area (Å²) in [5.41, 5.74) is 10.6. The third-order valence-corrected chi connectivity index (χ3v) is 5.25. The van der Waals surface area contributed by atoms with Crippen molar-refractivity contribution in [3.8, 4) is 5.75 Å². The van der Waals surface area contributed by atoms with Crippen molar-refractivity contribution < 1.29 is 9.47 Å². The maximum atomic E-state index is 6.17. The summed E-state index contributed by atoms with van der Waals surface area (Å²) in [4.78, 5) is 4.69. The first-order valence-corrected chi connectivity index (χ1v) is 9.39. The Balaban J connectivity index is 0.00000280. The summed E-state index contributed by atoms with van der Waals surface area (Å²) < 4.78 is 11.3. The van der Waals surface area contributed by atoms with Gasteiger partial charge in [-0.25, -0.2) is 0 Å². The summed E-state index contributed by atoms with van der Waals surface area (Å²) in [5, 5.41) is 3.18. The zero-order valence-corrected chi connectivity index (χ0v) is 19.2. The van der Waals surface area contributed by atoms with Gasteiger partial charge in [-0.05, 0) is 44.9 Å². The molecule has 5 nitrogen and oxygen atoms in total. The van der Waals surface area contributed by atoms with Crippen LogP contribution in [0.4, 0.5) is 5.69 Å². The summed E-state index contributed by atoms with van der Waals surface area (Å²) in [6.07, 6.45) is 1.79. The number of nitrogens with zero attached hydrogens (tertiary/aromatic N) is 1. The first-order valence-electron chi connectivity index (χ1n) is 9.39. The molecule has 0 aliphatic carbocycles. The SMILES string of the molecule is COc1ccc(C)cc1C1(CN=C(N)Nc2ccc(C)cc2)CCOCC1.I. The minimum Gasteiger partial charge on any atom is -0.496 e. The van der Waals surface area contributed by atoms with E-state index in [0.29, 0.717) is 12.5 Å². The molecule has 2 aromatic rings. The van der Waals surface area contributed by atoms with Gasteiger partial charge in [-0.3, -0.25) is 4.99 Å². The number of methoxy groups -OCH3 is 1. The molecule has 0 aromatic heterocycles. The zero-order chi connectivity index (χ0) is 19.3. The number of aliphatic imine (C=N–C) groups is 1. The predicted molar refractivity (Wildman–Crippen MR) is 126 cm³/mol. The van der Waals surface area contributed by atoms with Gasteiger partial charge >= 0.3 is 0 Å². The number of ether oxygens (including phenoxy) is 2. The predicted octanol–water partition coefficient (Wildman–Crippen LogP) is 4.41. The minimum atomic E-state index is -0.130. The van der Waals surface area contributed by atoms with Crippen LogP contribution in [0.15, 0.2) is 47.5 Å². The highest BCUT2D eigenvalue weighted by atomic mass is 127. The normalized spacial score (nSPS) is 16.2. The number of rotatable bonds is 5. The molecule has 3 rings (SSSR count). The van der Waals surface area contributed by atoms with Gasteiger partial charge in [-0.15, -0.1) is 24.0 Å². The second-order valence-electron chi connectivity index (χ2n) is 7.29. The van der Waals surface area contributed by atoms with E-state index in [1.54, 1.807) is 7.11 Å². The van der Waals surface area contributed by atoms with Crippen molar-refractivity contribution in [2.24, 2.45) is 10.7 Å². The molecule has 1 heterocycles. The lowest BCUT2D eigenvalue weighted by Crippen LogP contribution is -2.38. The summed E-state index contributed by atoms with van der Waals surface area (Å²) in [5.74, 6) is 1.33. The maximum absolute atomic E-state index is 6.17. The molecule has 0 bridgehead atoms. The van der Waals surface area contributed by atoms with Gasteiger partial charge in [-0.2, -0.15) is 0 Å². The van der Waals surface area contributed by atoms with Crippen molar-refractivity contribution in [2.75, 3.05) is 32.2 Å². The molecule has 0 unspecified atom stereocenters. The Morgan fingerprint density at radius 1 is 1.11 bits per heavy atom. The van der Waals surface area contributed by atoms with Crippen LogP contribution in [0.2, 0.25) is 0 Å². The van der Waals surface area contributed by atoms with E-state index in [9.17, 15) is 0 Å². The molecule has 0 atom stereocenters. The van der Waals surface area contributed by atoms with Crippen LogP contribution in [-0.4, -0.2) is 32.8 Å². The van der Waals surface area contributed by atoms with Crippen LogP contribution < -0.4 is 15.8 Å². The molecule has 1 aliphatic rings. The number of hydrogen-bond donors (Lipinski definition) is 2. The molecule has 6 heteroatoms. The molecule has 2 aromatic carbocycles. The Hall–Kier alpha value is -1.80. The van der Waals surface area contributed by atoms with Crippen LogP contribution in [0.1, 0.15) is 29.5 Å². The van der Waals surface area contributed by atoms with E-state index in [2.05, 4.69) is 31.3 Å². The number of nitrogens with one attached hydrogen (secondary N) is 1. The van der Waals surface area contributed by atoms with E-state index >= 15 is 0 Å². The average Bonchev–Trinajstić information content (AvgIpc) is 2.69. The van der Waals surface area contributed by atoms with Crippen LogP contribution in [0.25, 0.3) is 0 Å². The lowest BCUT2D eigenvalue weighted by molar-refractivity contribution is 0.0523. The van der Waals surface area contributed by atoms with Gasteiger partial charge in [-0.1, -0.05) is 35.4 Å². The summed E-state index contributed by atoms with van der Waals surface area (Å²) >= 11 is 0. The molecular weight excluding hydrogens is 465 g/mol. The first-order chi connectivity index (χ1) is 13.0. The standard InChI is InChI=1S/C22H29N3O2.HI/c1-16-4-7-18(8-5-16)25-21(23)24-15-22(10-12-27-13-11-22)19-14-17(2)6-9-20(19)26-3;/h4-9,14H,10-13,15H2,1-3H3,(H3,23,24,25);1H. The number of benzene rings is 2. The fraction of sp³-hybridized carbons (Fsp3) is 0.409. The molecule has 1 fully saturated rings. The Morgan fingerprint density at radius 2 is 1.75 bits per heavy atom. The lowest BCUT2D eigenvalue weighted by atomic mass is 9.73. The van der Waals surface area contributed by atoms with Crippen LogP contribution in [0.5, 0.6) is 5.75 Å². The second-order valence-corrected chi connectivity index (χ2v) is 7.29. The number of aryl methyl sites for hydroxylation is 2. The molecule has 1 saturated heterocycles. The highest BCUT2D eigenvalue weighted by molar-refractivity contribution is 14.0. The largest absolute Gasteiger partial charge is 0.496 e. The summed E-state index contributed by atoms with van der Waals surface area (Å²) in [7, 11) is 1.72. The number of halogens is 1. The molecule has 1 aliphatic heterocycles. The Morgan fingerprint density at radius 3 is 2.39 bits per heavy atom. The van der Waals surface area contributed by atoms with Gasteiger partial charge < -0.3 is 20.5 Å². The third-order valence-electron chi connectivity index (χ3n) is 5.25. The fourth-order valence-electron chi connectivity index (χ4n) is 3.57. The number of anilines is 1. The van der Waals surface area contributed by atoms with Crippen molar-refractivity contribution in [2.45, 2.75) is 32.1 Å². The Kier molecular flexibility index (Phi) is 8.12. The van der Waals surface area contributed by atoms with Gasteiger partial charge in [0, 0.05) is 29.9 Å². The van der Waals surface area contributed by atoms with Gasteiger partial charge in [0.15, 0.2) is 5.96 Å². The Bertz CT molecular complexity index is 800. The summed E-state index contributed by atoms with van der Waals surface area (Å²) in [6, 6.07) is 14.4. The highest BCUT2D eigenvalue weighted by Gasteiger charge is 2.37. The molecule has 152 valence electrons. The van der Waals surface area contributed by atoms with Crippen molar-refractivity contribution in [3.63, 3.8) is 0 Å². The monoisotopic (exact) mass is 495 g/mol. The fourth-order valence-corrected chi connectivity index (χ4v) is 3.57. The first kappa shape index (κ1) is 22.5. The van der Waals surface area contributed by atoms with E-state index < -0.39 is 0 Å². The highest BCUT2D eigenvalue weighted by Crippen LogP contribution is 2.40. The Labute approximate surface area is 184 Å². The number of nitrogens with two attached hydrogens (primary N) is 1. The van der Waals surface area contributed by atoms with E-state index in [1.165, 1.54) is 16.7 Å². The topological polar surface area (TPSA) is 68.9 Å². The molecule has 28 heavy (non-hydrogen) atoms. The van der Waals surface area contributed by atoms with Crippen molar-refractivity contribution >= 4 is 35.6 Å². The molecular formula is C22H30IN3O2. The zero-order valence-electron chi connectivity index (χ0n) is 16.8. The molecule has 0 spiro atoms. The van der Waals surface area contributed by atoms with Gasteiger partial charge in [0.05, 0.1) is 13.7 Å². The molecule has 0 amide bonds. The van der Waals surface area contributed by atoms with E-state index in [1.807, 2.05) is 30.3 Å². The second kappa shape index (κ2) is 10.1. The van der Waals surface area contributed by atoms with Crippen LogP contribution >= 0.6 is 24.0 Å². The van der Waals surface area contributed by atoms with Crippen molar-refractivity contribution in [3.05, 3.63) is 59.2 Å². The smallest absolute Gasteiger partial charge is 0.193 e. The number of hydrogen-bond acceptors (Lipinski definition) is 3. The van der Waals surface area contributed by atoms with E-state index in [0.717, 1.165) is 37.5 Å². The quantitative estimate of drug-likeness (QED) is 0.367. The van der Waals surface area contributed by atoms with Gasteiger partial charge in [0.1, 0.15) is 5.75 Å². The van der Waals surface area contributed by atoms with Crippen LogP contribution in [0.3, 0.4) is 0 Å². The third kappa shape index (κ3) is 5.38. The maximum Gasteiger partial charge on any atom is 0.193 e. The number of guanidine groups is 1. The molecule has 0 saturated carbocycles. The average molecular weight is 495 g/mol. The van der Waals surface area contributed by atoms with Crippen LogP contribution in [-0.2, 0) is 10.2 Å². The molecule has 3 N–H and O–H groups in total. The lowest BCUT2D eigenvalue weighted by Gasteiger charge is -2.37. The van der Waals surface area contributed by atoms with E-state index in [-0.39, 0.29) is 29.4 Å². The minimum absolute atomic E-state index is 0.